The zero-order valence-electron chi connectivity index (χ0n) is 11.6. The molecule has 106 valence electrons. The van der Waals surface area contributed by atoms with Crippen molar-refractivity contribution in [1.29, 1.82) is 0 Å². The van der Waals surface area contributed by atoms with E-state index in [1.165, 1.54) is 11.3 Å². The Morgan fingerprint density at radius 3 is 2.63 bits per heavy atom. The Morgan fingerprint density at radius 2 is 2.11 bits per heavy atom. The SMILES string of the molecule is C#CCN(CC(=O)O)C(=O)N(C)C1CCCC(C)C1. The quantitative estimate of drug-likeness (QED) is 0.787. The minimum Gasteiger partial charge on any atom is -0.480 e. The standard InChI is InChI=1S/C14H22N2O3/c1-4-8-16(10-13(17)18)14(19)15(3)12-7-5-6-11(2)9-12/h1,11-12H,5-10H2,2-3H3,(H,17,18). The molecule has 0 saturated heterocycles. The van der Waals surface area contributed by atoms with Crippen LogP contribution in [0.4, 0.5) is 4.79 Å². The minimum absolute atomic E-state index is 0.0255. The summed E-state index contributed by atoms with van der Waals surface area (Å²) >= 11 is 0. The van der Waals surface area contributed by atoms with Crippen LogP contribution in [-0.4, -0.2) is 53.1 Å². The average molecular weight is 266 g/mol. The molecule has 0 spiro atoms. The molecule has 0 aromatic rings. The van der Waals surface area contributed by atoms with E-state index >= 15 is 0 Å². The summed E-state index contributed by atoms with van der Waals surface area (Å²) in [6, 6.07) is -0.107. The third-order valence-corrected chi connectivity index (χ3v) is 3.64. The van der Waals surface area contributed by atoms with E-state index in [0.717, 1.165) is 19.3 Å². The number of urea groups is 1. The summed E-state index contributed by atoms with van der Waals surface area (Å²) in [6.07, 6.45) is 9.44. The normalized spacial score (nSPS) is 22.4. The molecular weight excluding hydrogens is 244 g/mol. The van der Waals surface area contributed by atoms with E-state index in [-0.39, 0.29) is 25.2 Å². The first-order valence-corrected chi connectivity index (χ1v) is 6.62. The van der Waals surface area contributed by atoms with Gasteiger partial charge in [-0.15, -0.1) is 6.42 Å². The molecular formula is C14H22N2O3. The van der Waals surface area contributed by atoms with Crippen molar-refractivity contribution in [2.24, 2.45) is 5.92 Å². The Labute approximate surface area is 114 Å². The van der Waals surface area contributed by atoms with E-state index in [2.05, 4.69) is 12.8 Å². The number of terminal acetylenes is 1. The zero-order chi connectivity index (χ0) is 14.4. The van der Waals surface area contributed by atoms with Crippen molar-refractivity contribution in [1.82, 2.24) is 9.80 Å². The lowest BCUT2D eigenvalue weighted by Gasteiger charge is -2.36. The number of carbonyl (C=O) groups excluding carboxylic acids is 1. The lowest BCUT2D eigenvalue weighted by molar-refractivity contribution is -0.137. The monoisotopic (exact) mass is 266 g/mol. The van der Waals surface area contributed by atoms with Gasteiger partial charge in [-0.25, -0.2) is 4.79 Å². The fourth-order valence-electron chi connectivity index (χ4n) is 2.60. The summed E-state index contributed by atoms with van der Waals surface area (Å²) < 4.78 is 0. The van der Waals surface area contributed by atoms with Crippen molar-refractivity contribution in [2.75, 3.05) is 20.1 Å². The molecule has 0 bridgehead atoms. The van der Waals surface area contributed by atoms with E-state index in [0.29, 0.717) is 5.92 Å². The molecule has 1 rings (SSSR count). The summed E-state index contributed by atoms with van der Waals surface area (Å²) in [5.74, 6) is 1.89. The molecule has 0 heterocycles. The minimum atomic E-state index is -1.05. The fourth-order valence-corrected chi connectivity index (χ4v) is 2.60. The van der Waals surface area contributed by atoms with Crippen LogP contribution in [0.15, 0.2) is 0 Å². The maximum absolute atomic E-state index is 12.3. The van der Waals surface area contributed by atoms with Crippen LogP contribution < -0.4 is 0 Å². The maximum atomic E-state index is 12.3. The third-order valence-electron chi connectivity index (χ3n) is 3.64. The van der Waals surface area contributed by atoms with Gasteiger partial charge in [0.05, 0.1) is 6.54 Å². The van der Waals surface area contributed by atoms with Gasteiger partial charge in [-0.1, -0.05) is 25.7 Å². The fraction of sp³-hybridized carbons (Fsp3) is 0.714. The summed E-state index contributed by atoms with van der Waals surface area (Å²) in [7, 11) is 1.73. The molecule has 1 fully saturated rings. The molecule has 1 saturated carbocycles. The second kappa shape index (κ2) is 7.03. The van der Waals surface area contributed by atoms with Gasteiger partial charge in [-0.2, -0.15) is 0 Å². The predicted molar refractivity (Wildman–Crippen MR) is 72.6 cm³/mol. The second-order valence-electron chi connectivity index (χ2n) is 5.27. The average Bonchev–Trinajstić information content (AvgIpc) is 2.36. The lowest BCUT2D eigenvalue weighted by Crippen LogP contribution is -2.48. The number of hydrogen-bond acceptors (Lipinski definition) is 2. The van der Waals surface area contributed by atoms with E-state index in [4.69, 9.17) is 11.5 Å². The van der Waals surface area contributed by atoms with E-state index in [1.807, 2.05) is 0 Å². The highest BCUT2D eigenvalue weighted by atomic mass is 16.4. The molecule has 1 N–H and O–H groups in total. The molecule has 2 amide bonds. The van der Waals surface area contributed by atoms with Crippen molar-refractivity contribution in [2.45, 2.75) is 38.6 Å². The number of carboxylic acid groups (broad SMARTS) is 1. The van der Waals surface area contributed by atoms with Crippen molar-refractivity contribution < 1.29 is 14.7 Å². The molecule has 19 heavy (non-hydrogen) atoms. The van der Waals surface area contributed by atoms with E-state index in [9.17, 15) is 9.59 Å². The Hall–Kier alpha value is -1.70. The first-order chi connectivity index (χ1) is 8.95. The number of rotatable bonds is 4. The topological polar surface area (TPSA) is 60.9 Å². The maximum Gasteiger partial charge on any atom is 0.323 e. The highest BCUT2D eigenvalue weighted by Gasteiger charge is 2.28. The summed E-state index contributed by atoms with van der Waals surface area (Å²) in [4.78, 5) is 25.9. The van der Waals surface area contributed by atoms with Gasteiger partial charge in [0, 0.05) is 13.1 Å². The van der Waals surface area contributed by atoms with Crippen molar-refractivity contribution in [3.63, 3.8) is 0 Å². The second-order valence-corrected chi connectivity index (χ2v) is 5.27. The van der Waals surface area contributed by atoms with Crippen LogP contribution in [0, 0.1) is 18.3 Å². The van der Waals surface area contributed by atoms with Gasteiger partial charge in [-0.3, -0.25) is 4.79 Å². The molecule has 0 aromatic carbocycles. The molecule has 1 aliphatic carbocycles. The molecule has 0 aliphatic heterocycles. The molecule has 2 atom stereocenters. The lowest BCUT2D eigenvalue weighted by atomic mass is 9.86. The number of hydrogen-bond donors (Lipinski definition) is 1. The number of carboxylic acids is 1. The first-order valence-electron chi connectivity index (χ1n) is 6.62. The van der Waals surface area contributed by atoms with E-state index < -0.39 is 5.97 Å². The van der Waals surface area contributed by atoms with Crippen LogP contribution in [0.25, 0.3) is 0 Å². The number of nitrogens with zero attached hydrogens (tertiary/aromatic N) is 2. The van der Waals surface area contributed by atoms with Gasteiger partial charge in [-0.05, 0) is 18.8 Å². The van der Waals surface area contributed by atoms with Crippen LogP contribution in [0.3, 0.4) is 0 Å². The number of carbonyl (C=O) groups is 2. The van der Waals surface area contributed by atoms with Crippen LogP contribution in [0.2, 0.25) is 0 Å². The van der Waals surface area contributed by atoms with Gasteiger partial charge in [0.15, 0.2) is 0 Å². The molecule has 0 radical (unpaired) electrons. The summed E-state index contributed by atoms with van der Waals surface area (Å²) in [6.45, 7) is 1.86. The Morgan fingerprint density at radius 1 is 1.42 bits per heavy atom. The summed E-state index contributed by atoms with van der Waals surface area (Å²) in [5, 5.41) is 8.81. The third kappa shape index (κ3) is 4.47. The van der Waals surface area contributed by atoms with Gasteiger partial charge in [0.25, 0.3) is 0 Å². The van der Waals surface area contributed by atoms with Crippen molar-refractivity contribution in [3.8, 4) is 12.3 Å². The Balaban J connectivity index is 2.66. The molecule has 5 nitrogen and oxygen atoms in total. The van der Waals surface area contributed by atoms with Crippen molar-refractivity contribution >= 4 is 12.0 Å². The van der Waals surface area contributed by atoms with Crippen LogP contribution in [-0.2, 0) is 4.79 Å². The predicted octanol–water partition coefficient (Wildman–Crippen LogP) is 1.64. The highest BCUT2D eigenvalue weighted by Crippen LogP contribution is 2.27. The van der Waals surface area contributed by atoms with Crippen LogP contribution in [0.5, 0.6) is 0 Å². The van der Waals surface area contributed by atoms with Crippen molar-refractivity contribution in [3.05, 3.63) is 0 Å². The summed E-state index contributed by atoms with van der Waals surface area (Å²) in [5.41, 5.74) is 0. The number of aliphatic carboxylic acids is 1. The number of amides is 2. The zero-order valence-corrected chi connectivity index (χ0v) is 11.6. The highest BCUT2D eigenvalue weighted by molar-refractivity contribution is 5.80. The Kier molecular flexibility index (Phi) is 5.68. The first kappa shape index (κ1) is 15.4. The molecule has 1 aliphatic rings. The Bertz CT molecular complexity index is 375. The van der Waals surface area contributed by atoms with Crippen LogP contribution >= 0.6 is 0 Å². The largest absolute Gasteiger partial charge is 0.480 e. The van der Waals surface area contributed by atoms with Gasteiger partial charge >= 0.3 is 12.0 Å². The smallest absolute Gasteiger partial charge is 0.323 e. The van der Waals surface area contributed by atoms with Gasteiger partial charge in [0.1, 0.15) is 6.54 Å². The molecule has 0 aromatic heterocycles. The van der Waals surface area contributed by atoms with E-state index in [1.54, 1.807) is 11.9 Å². The van der Waals surface area contributed by atoms with Gasteiger partial charge in [0.2, 0.25) is 0 Å². The molecule has 2 unspecified atom stereocenters. The van der Waals surface area contributed by atoms with Gasteiger partial charge < -0.3 is 14.9 Å². The van der Waals surface area contributed by atoms with Crippen LogP contribution in [0.1, 0.15) is 32.6 Å². The molecule has 5 heteroatoms.